The van der Waals surface area contributed by atoms with Crippen molar-refractivity contribution >= 4 is 0 Å². The van der Waals surface area contributed by atoms with Crippen LogP contribution in [0.2, 0.25) is 0 Å². The fraction of sp³-hybridized carbons (Fsp3) is 0.583. The summed E-state index contributed by atoms with van der Waals surface area (Å²) < 4.78 is 0. The van der Waals surface area contributed by atoms with Crippen molar-refractivity contribution in [1.29, 1.82) is 0 Å². The minimum Gasteiger partial charge on any atom is -0.507 e. The Kier molecular flexibility index (Phi) is 7.81. The Labute approximate surface area is 159 Å². The summed E-state index contributed by atoms with van der Waals surface area (Å²) in [6, 6.07) is 3.70. The van der Waals surface area contributed by atoms with E-state index in [1.54, 1.807) is 0 Å². The number of benzene rings is 1. The van der Waals surface area contributed by atoms with Crippen LogP contribution >= 0.6 is 0 Å². The second-order valence-electron chi connectivity index (χ2n) is 8.11. The van der Waals surface area contributed by atoms with Crippen molar-refractivity contribution in [3.8, 4) is 11.5 Å². The summed E-state index contributed by atoms with van der Waals surface area (Å²) in [5, 5.41) is 21.2. The van der Waals surface area contributed by atoms with Crippen LogP contribution in [-0.4, -0.2) is 10.2 Å². The van der Waals surface area contributed by atoms with E-state index in [4.69, 9.17) is 0 Å². The highest BCUT2D eigenvalue weighted by Crippen LogP contribution is 2.47. The quantitative estimate of drug-likeness (QED) is 0.349. The molecule has 144 valence electrons. The third kappa shape index (κ3) is 5.40. The number of rotatable bonds is 10. The van der Waals surface area contributed by atoms with E-state index in [0.717, 1.165) is 30.4 Å². The molecular formula is C24H36O2. The average Bonchev–Trinajstić information content (AvgIpc) is 2.95. The van der Waals surface area contributed by atoms with Gasteiger partial charge in [0.2, 0.25) is 0 Å². The number of aryl methyl sites for hydroxylation is 1. The van der Waals surface area contributed by atoms with Gasteiger partial charge >= 0.3 is 0 Å². The Morgan fingerprint density at radius 3 is 2.19 bits per heavy atom. The molecule has 2 unspecified atom stereocenters. The molecule has 0 aromatic heterocycles. The Morgan fingerprint density at radius 1 is 1.04 bits per heavy atom. The van der Waals surface area contributed by atoms with E-state index in [2.05, 4.69) is 26.5 Å². The van der Waals surface area contributed by atoms with Gasteiger partial charge in [-0.05, 0) is 56.7 Å². The number of hydrogen-bond acceptors (Lipinski definition) is 2. The Bertz CT molecular complexity index is 619. The lowest BCUT2D eigenvalue weighted by Gasteiger charge is -2.22. The first kappa shape index (κ1) is 20.6. The van der Waals surface area contributed by atoms with Crippen LogP contribution in [0.3, 0.4) is 0 Å². The molecule has 2 atom stereocenters. The molecule has 0 saturated carbocycles. The first-order chi connectivity index (χ1) is 12.4. The van der Waals surface area contributed by atoms with Crippen molar-refractivity contribution in [2.75, 3.05) is 0 Å². The van der Waals surface area contributed by atoms with E-state index in [1.165, 1.54) is 44.1 Å². The molecule has 1 aromatic carbocycles. The Balaban J connectivity index is 1.98. The van der Waals surface area contributed by atoms with Crippen molar-refractivity contribution in [2.45, 2.75) is 84.5 Å². The molecule has 2 rings (SSSR count). The van der Waals surface area contributed by atoms with Gasteiger partial charge < -0.3 is 10.2 Å². The zero-order valence-electron chi connectivity index (χ0n) is 16.9. The summed E-state index contributed by atoms with van der Waals surface area (Å²) >= 11 is 0. The highest BCUT2D eigenvalue weighted by molar-refractivity contribution is 5.52. The van der Waals surface area contributed by atoms with Crippen molar-refractivity contribution < 1.29 is 10.2 Å². The number of aromatic hydroxyl groups is 2. The first-order valence-electron chi connectivity index (χ1n) is 10.3. The van der Waals surface area contributed by atoms with Crippen molar-refractivity contribution in [2.24, 2.45) is 5.92 Å². The molecule has 0 spiro atoms. The summed E-state index contributed by atoms with van der Waals surface area (Å²) in [6.45, 7) is 10.5. The van der Waals surface area contributed by atoms with Crippen LogP contribution in [0.1, 0.15) is 89.2 Å². The fourth-order valence-corrected chi connectivity index (χ4v) is 4.18. The van der Waals surface area contributed by atoms with Crippen LogP contribution in [0.15, 0.2) is 35.9 Å². The van der Waals surface area contributed by atoms with Gasteiger partial charge in [-0.1, -0.05) is 69.2 Å². The smallest absolute Gasteiger partial charge is 0.123 e. The summed E-state index contributed by atoms with van der Waals surface area (Å²) in [7, 11) is 0. The summed E-state index contributed by atoms with van der Waals surface area (Å²) in [5.41, 5.74) is 4.10. The molecule has 0 bridgehead atoms. The summed E-state index contributed by atoms with van der Waals surface area (Å²) in [6.07, 6.45) is 12.9. The molecule has 1 aliphatic rings. The maximum atomic E-state index is 10.6. The van der Waals surface area contributed by atoms with Gasteiger partial charge in [-0.25, -0.2) is 0 Å². The molecule has 2 N–H and O–H groups in total. The number of allylic oxidation sites excluding steroid dienone is 3. The van der Waals surface area contributed by atoms with E-state index >= 15 is 0 Å². The van der Waals surface area contributed by atoms with Gasteiger partial charge in [-0.2, -0.15) is 0 Å². The van der Waals surface area contributed by atoms with E-state index in [1.807, 2.05) is 19.1 Å². The van der Waals surface area contributed by atoms with Crippen molar-refractivity contribution in [3.63, 3.8) is 0 Å². The monoisotopic (exact) mass is 356 g/mol. The van der Waals surface area contributed by atoms with E-state index < -0.39 is 0 Å². The second kappa shape index (κ2) is 9.85. The molecule has 0 fully saturated rings. The maximum Gasteiger partial charge on any atom is 0.123 e. The molecule has 26 heavy (non-hydrogen) atoms. The van der Waals surface area contributed by atoms with Crippen LogP contribution in [-0.2, 0) is 6.42 Å². The predicted octanol–water partition coefficient (Wildman–Crippen LogP) is 7.02. The summed E-state index contributed by atoms with van der Waals surface area (Å²) in [5.74, 6) is 0.746. The van der Waals surface area contributed by atoms with Gasteiger partial charge in [0.15, 0.2) is 0 Å². The Hall–Kier alpha value is -1.70. The lowest BCUT2D eigenvalue weighted by molar-refractivity contribution is 0.422. The third-order valence-electron chi connectivity index (χ3n) is 5.67. The highest BCUT2D eigenvalue weighted by Gasteiger charge is 2.31. The molecule has 2 heteroatoms. The van der Waals surface area contributed by atoms with Crippen LogP contribution in [0.4, 0.5) is 0 Å². The Morgan fingerprint density at radius 2 is 1.62 bits per heavy atom. The van der Waals surface area contributed by atoms with Gasteiger partial charge in [0.25, 0.3) is 0 Å². The molecular weight excluding hydrogens is 320 g/mol. The third-order valence-corrected chi connectivity index (χ3v) is 5.67. The summed E-state index contributed by atoms with van der Waals surface area (Å²) in [4.78, 5) is 0. The number of phenolic OH excluding ortho intramolecular Hbond substituents is 2. The lowest BCUT2D eigenvalue weighted by Crippen LogP contribution is -2.08. The molecule has 0 saturated heterocycles. The van der Waals surface area contributed by atoms with Crippen LogP contribution in [0, 0.1) is 5.92 Å². The first-order valence-corrected chi connectivity index (χ1v) is 10.3. The fourth-order valence-electron chi connectivity index (χ4n) is 4.18. The molecule has 2 nitrogen and oxygen atoms in total. The molecule has 0 aliphatic heterocycles. The molecule has 1 aromatic rings. The number of hydrogen-bond donors (Lipinski definition) is 2. The molecule has 0 amide bonds. The lowest BCUT2D eigenvalue weighted by atomic mass is 9.83. The van der Waals surface area contributed by atoms with Crippen LogP contribution < -0.4 is 0 Å². The van der Waals surface area contributed by atoms with Crippen LogP contribution in [0.5, 0.6) is 11.5 Å². The second-order valence-corrected chi connectivity index (χ2v) is 8.11. The minimum absolute atomic E-state index is 0.0279. The zero-order valence-corrected chi connectivity index (χ0v) is 16.9. The van der Waals surface area contributed by atoms with Crippen molar-refractivity contribution in [1.82, 2.24) is 0 Å². The van der Waals surface area contributed by atoms with Gasteiger partial charge in [-0.3, -0.25) is 0 Å². The zero-order chi connectivity index (χ0) is 19.1. The predicted molar refractivity (Wildman–Crippen MR) is 111 cm³/mol. The molecule has 1 aliphatic carbocycles. The highest BCUT2D eigenvalue weighted by atomic mass is 16.3. The SMILES string of the molecule is C=C(C)C1CC(C)=CC1c1c(O)cc(CCCCCCCCC)cc1O. The standard InChI is InChI=1S/C24H36O2/c1-5-6-7-8-9-10-11-12-19-15-22(25)24(23(26)16-19)21-14-18(4)13-20(21)17(2)3/h14-16,20-21,25-26H,2,5-13H2,1,3-4H3. The van der Waals surface area contributed by atoms with E-state index in [9.17, 15) is 10.2 Å². The van der Waals surface area contributed by atoms with Crippen LogP contribution in [0.25, 0.3) is 0 Å². The van der Waals surface area contributed by atoms with Crippen molar-refractivity contribution in [3.05, 3.63) is 47.1 Å². The average molecular weight is 357 g/mol. The van der Waals surface area contributed by atoms with E-state index in [-0.39, 0.29) is 23.3 Å². The number of phenols is 2. The maximum absolute atomic E-state index is 10.6. The normalized spacial score (nSPS) is 19.6. The van der Waals surface area contributed by atoms with Gasteiger partial charge in [0, 0.05) is 11.5 Å². The van der Waals surface area contributed by atoms with Gasteiger partial charge in [-0.15, -0.1) is 0 Å². The van der Waals surface area contributed by atoms with Gasteiger partial charge in [0.05, 0.1) is 0 Å². The minimum atomic E-state index is 0.0279. The molecule has 0 radical (unpaired) electrons. The topological polar surface area (TPSA) is 40.5 Å². The van der Waals surface area contributed by atoms with E-state index in [0.29, 0.717) is 5.56 Å². The largest absolute Gasteiger partial charge is 0.507 e. The number of unbranched alkanes of at least 4 members (excludes halogenated alkanes) is 6. The van der Waals surface area contributed by atoms with Gasteiger partial charge in [0.1, 0.15) is 11.5 Å². The molecule has 0 heterocycles.